The number of aliphatic hydroxyl groups is 1. The summed E-state index contributed by atoms with van der Waals surface area (Å²) in [5.41, 5.74) is 2.24. The molecule has 2 fully saturated rings. The number of nitrogens with one attached hydrogen (secondary N) is 2. The summed E-state index contributed by atoms with van der Waals surface area (Å²) in [6.45, 7) is 0.443. The second kappa shape index (κ2) is 8.43. The molecular formula is C23H24F3N3O3S. The molecule has 10 heteroatoms. The van der Waals surface area contributed by atoms with Crippen LogP contribution in [0.25, 0.3) is 22.2 Å². The lowest BCUT2D eigenvalue weighted by Crippen LogP contribution is -2.57. The number of nitrogens with zero attached hydrogens (tertiary/aromatic N) is 1. The highest BCUT2D eigenvalue weighted by atomic mass is 32.2. The number of aromatic nitrogens is 1. The number of fused-ring (bicyclic) bond motifs is 1. The molecule has 1 atom stereocenters. The molecule has 2 aromatic carbocycles. The van der Waals surface area contributed by atoms with Crippen molar-refractivity contribution in [1.82, 2.24) is 14.0 Å². The Morgan fingerprint density at radius 2 is 1.82 bits per heavy atom. The lowest BCUT2D eigenvalue weighted by Gasteiger charge is -2.40. The van der Waals surface area contributed by atoms with Crippen LogP contribution in [0.2, 0.25) is 0 Å². The fourth-order valence-electron chi connectivity index (χ4n) is 4.87. The van der Waals surface area contributed by atoms with Crippen LogP contribution in [0.1, 0.15) is 30.7 Å². The van der Waals surface area contributed by atoms with Gasteiger partial charge in [0, 0.05) is 24.5 Å². The van der Waals surface area contributed by atoms with Crippen molar-refractivity contribution in [3.05, 3.63) is 59.4 Å². The highest BCUT2D eigenvalue weighted by Gasteiger charge is 2.39. The second-order valence-electron chi connectivity index (χ2n) is 8.85. The van der Waals surface area contributed by atoms with Gasteiger partial charge in [-0.05, 0) is 72.6 Å². The Balaban J connectivity index is 1.37. The van der Waals surface area contributed by atoms with Crippen molar-refractivity contribution >= 4 is 21.1 Å². The molecule has 1 unspecified atom stereocenters. The molecule has 33 heavy (non-hydrogen) atoms. The summed E-state index contributed by atoms with van der Waals surface area (Å²) in [5, 5.41) is 9.69. The first-order chi connectivity index (χ1) is 15.8. The maximum atomic E-state index is 14.5. The van der Waals surface area contributed by atoms with Crippen molar-refractivity contribution < 1.29 is 26.7 Å². The van der Waals surface area contributed by atoms with Gasteiger partial charge in [0.15, 0.2) is 0 Å². The molecule has 3 aromatic rings. The van der Waals surface area contributed by atoms with Gasteiger partial charge in [0.25, 0.3) is 10.2 Å². The van der Waals surface area contributed by atoms with Gasteiger partial charge >= 0.3 is 0 Å². The van der Waals surface area contributed by atoms with Crippen LogP contribution in [-0.2, 0) is 10.2 Å². The van der Waals surface area contributed by atoms with Gasteiger partial charge in [-0.2, -0.15) is 12.7 Å². The molecule has 1 saturated heterocycles. The SMILES string of the molecule is O=S(=O)(NC[C@H]1C[C@H](c2c(-c3ccc(F)cc3)[nH]c3c(F)cc(F)cc32)C1)N1CCC1CO. The van der Waals surface area contributed by atoms with E-state index in [1.54, 1.807) is 12.1 Å². The average Bonchev–Trinajstić information content (AvgIpc) is 3.06. The van der Waals surface area contributed by atoms with Crippen LogP contribution in [0, 0.1) is 23.4 Å². The zero-order valence-corrected chi connectivity index (χ0v) is 18.5. The Hall–Kier alpha value is -2.40. The molecule has 0 spiro atoms. The van der Waals surface area contributed by atoms with E-state index in [-0.39, 0.29) is 36.5 Å². The molecule has 2 aliphatic rings. The first kappa shape index (κ1) is 22.4. The van der Waals surface area contributed by atoms with Gasteiger partial charge < -0.3 is 10.1 Å². The van der Waals surface area contributed by atoms with Crippen molar-refractivity contribution in [2.75, 3.05) is 19.7 Å². The molecular weight excluding hydrogens is 455 g/mol. The van der Waals surface area contributed by atoms with E-state index in [2.05, 4.69) is 9.71 Å². The Morgan fingerprint density at radius 3 is 2.45 bits per heavy atom. The zero-order valence-electron chi connectivity index (χ0n) is 17.7. The Kier molecular flexibility index (Phi) is 5.72. The van der Waals surface area contributed by atoms with Gasteiger partial charge in [-0.1, -0.05) is 0 Å². The predicted octanol–water partition coefficient (Wildman–Crippen LogP) is 3.65. The van der Waals surface area contributed by atoms with Gasteiger partial charge in [-0.25, -0.2) is 17.9 Å². The maximum absolute atomic E-state index is 14.5. The van der Waals surface area contributed by atoms with Crippen molar-refractivity contribution in [3.63, 3.8) is 0 Å². The van der Waals surface area contributed by atoms with E-state index in [9.17, 15) is 26.7 Å². The summed E-state index contributed by atoms with van der Waals surface area (Å²) in [4.78, 5) is 3.05. The molecule has 1 aliphatic heterocycles. The third-order valence-electron chi connectivity index (χ3n) is 6.81. The van der Waals surface area contributed by atoms with E-state index < -0.39 is 27.7 Å². The normalized spacial score (nSPS) is 23.5. The van der Waals surface area contributed by atoms with Crippen LogP contribution >= 0.6 is 0 Å². The number of aromatic amines is 1. The molecule has 1 saturated carbocycles. The summed E-state index contributed by atoms with van der Waals surface area (Å²) in [6.07, 6.45) is 1.93. The van der Waals surface area contributed by atoms with E-state index in [0.29, 0.717) is 42.5 Å². The molecule has 3 N–H and O–H groups in total. The molecule has 6 nitrogen and oxygen atoms in total. The minimum absolute atomic E-state index is 0.0243. The highest BCUT2D eigenvalue weighted by molar-refractivity contribution is 7.87. The van der Waals surface area contributed by atoms with Crippen molar-refractivity contribution in [3.8, 4) is 11.3 Å². The van der Waals surface area contributed by atoms with E-state index in [1.165, 1.54) is 22.5 Å². The molecule has 2 heterocycles. The molecule has 1 aliphatic carbocycles. The van der Waals surface area contributed by atoms with E-state index >= 15 is 0 Å². The highest BCUT2D eigenvalue weighted by Crippen LogP contribution is 2.48. The summed E-state index contributed by atoms with van der Waals surface area (Å²) in [7, 11) is -3.65. The second-order valence-corrected chi connectivity index (χ2v) is 10.6. The number of hydrogen-bond donors (Lipinski definition) is 3. The fourth-order valence-corrected chi connectivity index (χ4v) is 6.39. The van der Waals surface area contributed by atoms with Crippen LogP contribution in [0.4, 0.5) is 13.2 Å². The molecule has 0 bridgehead atoms. The van der Waals surface area contributed by atoms with Gasteiger partial charge in [0.05, 0.1) is 23.9 Å². The summed E-state index contributed by atoms with van der Waals surface area (Å²) in [6, 6.07) is 7.56. The Labute approximate surface area is 189 Å². The number of halogens is 3. The Bertz CT molecular complexity index is 1290. The topological polar surface area (TPSA) is 85.4 Å². The van der Waals surface area contributed by atoms with Gasteiger partial charge in [0.2, 0.25) is 0 Å². The molecule has 5 rings (SSSR count). The quantitative estimate of drug-likeness (QED) is 0.484. The van der Waals surface area contributed by atoms with Crippen molar-refractivity contribution in [2.24, 2.45) is 5.92 Å². The third kappa shape index (κ3) is 4.05. The number of hydrogen-bond acceptors (Lipinski definition) is 3. The lowest BCUT2D eigenvalue weighted by atomic mass is 9.70. The lowest BCUT2D eigenvalue weighted by molar-refractivity contribution is 0.114. The predicted molar refractivity (Wildman–Crippen MR) is 118 cm³/mol. The molecule has 1 aromatic heterocycles. The molecule has 176 valence electrons. The number of benzene rings is 2. The van der Waals surface area contributed by atoms with Gasteiger partial charge in [-0.15, -0.1) is 0 Å². The first-order valence-electron chi connectivity index (χ1n) is 10.9. The first-order valence-corrected chi connectivity index (χ1v) is 12.3. The van der Waals surface area contributed by atoms with Crippen molar-refractivity contribution in [1.29, 1.82) is 0 Å². The monoisotopic (exact) mass is 479 g/mol. The largest absolute Gasteiger partial charge is 0.395 e. The van der Waals surface area contributed by atoms with Gasteiger partial charge in [0.1, 0.15) is 17.5 Å². The maximum Gasteiger partial charge on any atom is 0.279 e. The number of H-pyrrole nitrogens is 1. The van der Waals surface area contributed by atoms with Crippen LogP contribution in [-0.4, -0.2) is 48.6 Å². The van der Waals surface area contributed by atoms with Crippen LogP contribution < -0.4 is 4.72 Å². The van der Waals surface area contributed by atoms with E-state index in [1.807, 2.05) is 0 Å². The van der Waals surface area contributed by atoms with Gasteiger partial charge in [-0.3, -0.25) is 0 Å². The van der Waals surface area contributed by atoms with E-state index in [4.69, 9.17) is 0 Å². The number of rotatable bonds is 7. The smallest absolute Gasteiger partial charge is 0.279 e. The van der Waals surface area contributed by atoms with Crippen LogP contribution in [0.5, 0.6) is 0 Å². The molecule has 0 amide bonds. The number of aliphatic hydroxyl groups excluding tert-OH is 1. The molecule has 0 radical (unpaired) electrons. The minimum Gasteiger partial charge on any atom is -0.395 e. The van der Waals surface area contributed by atoms with Crippen molar-refractivity contribution in [2.45, 2.75) is 31.2 Å². The summed E-state index contributed by atoms with van der Waals surface area (Å²) in [5.74, 6) is -1.72. The van der Waals surface area contributed by atoms with Crippen LogP contribution in [0.15, 0.2) is 36.4 Å². The Morgan fingerprint density at radius 1 is 1.09 bits per heavy atom. The fraction of sp³-hybridized carbons (Fsp3) is 0.391. The standard InChI is InChI=1S/C23H24F3N3O3S/c24-16-3-1-14(2-4-16)22-21(19-9-17(25)10-20(26)23(19)28-22)15-7-13(8-15)11-27-33(31,32)29-6-5-18(29)12-30/h1-4,9-10,13,15,18,27-28,30H,5-8,11-12H2/t13-,15-,18?. The third-order valence-corrected chi connectivity index (χ3v) is 8.43. The summed E-state index contributed by atoms with van der Waals surface area (Å²) >= 11 is 0. The van der Waals surface area contributed by atoms with Crippen LogP contribution in [0.3, 0.4) is 0 Å². The minimum atomic E-state index is -3.65. The van der Waals surface area contributed by atoms with E-state index in [0.717, 1.165) is 11.6 Å². The average molecular weight is 480 g/mol. The zero-order chi connectivity index (χ0) is 23.3. The summed E-state index contributed by atoms with van der Waals surface area (Å²) < 4.78 is 70.7.